The van der Waals surface area contributed by atoms with Gasteiger partial charge in [-0.15, -0.1) is 0 Å². The molecule has 2 amide bonds. The fourth-order valence-electron chi connectivity index (χ4n) is 2.45. The van der Waals surface area contributed by atoms with E-state index in [2.05, 4.69) is 5.32 Å². The van der Waals surface area contributed by atoms with Crippen molar-refractivity contribution in [3.8, 4) is 0 Å². The van der Waals surface area contributed by atoms with Crippen molar-refractivity contribution >= 4 is 11.8 Å². The van der Waals surface area contributed by atoms with Gasteiger partial charge in [0.15, 0.2) is 0 Å². The van der Waals surface area contributed by atoms with Crippen LogP contribution in [0.3, 0.4) is 0 Å². The van der Waals surface area contributed by atoms with Gasteiger partial charge in [-0.05, 0) is 11.5 Å². The van der Waals surface area contributed by atoms with E-state index in [9.17, 15) is 9.59 Å². The van der Waals surface area contributed by atoms with Crippen molar-refractivity contribution in [1.82, 2.24) is 10.2 Å². The number of carbonyl (C=O) groups excluding carboxylic acids is 2. The Labute approximate surface area is 113 Å². The highest BCUT2D eigenvalue weighted by Gasteiger charge is 2.40. The number of rotatable bonds is 3. The maximum absolute atomic E-state index is 12.4. The summed E-state index contributed by atoms with van der Waals surface area (Å²) in [5.41, 5.74) is 0.846. The molecular weight excluding hydrogens is 240 g/mol. The summed E-state index contributed by atoms with van der Waals surface area (Å²) in [4.78, 5) is 26.2. The van der Waals surface area contributed by atoms with Crippen LogP contribution in [0.1, 0.15) is 31.9 Å². The van der Waals surface area contributed by atoms with Crippen LogP contribution in [0.25, 0.3) is 0 Å². The van der Waals surface area contributed by atoms with E-state index in [1.54, 1.807) is 11.9 Å². The fourth-order valence-corrected chi connectivity index (χ4v) is 2.45. The summed E-state index contributed by atoms with van der Waals surface area (Å²) in [6.45, 7) is 4.01. The zero-order chi connectivity index (χ0) is 14.0. The molecule has 1 heterocycles. The summed E-state index contributed by atoms with van der Waals surface area (Å²) >= 11 is 0. The topological polar surface area (TPSA) is 49.4 Å². The largest absolute Gasteiger partial charge is 0.342 e. The zero-order valence-corrected chi connectivity index (χ0v) is 11.6. The molecule has 0 radical (unpaired) electrons. The monoisotopic (exact) mass is 260 g/mol. The zero-order valence-electron chi connectivity index (χ0n) is 11.6. The van der Waals surface area contributed by atoms with Crippen LogP contribution in [0.2, 0.25) is 0 Å². The molecular formula is C15H20N2O2. The van der Waals surface area contributed by atoms with E-state index < -0.39 is 12.1 Å². The molecule has 1 aromatic carbocycles. The number of hydrogen-bond acceptors (Lipinski definition) is 2. The van der Waals surface area contributed by atoms with Gasteiger partial charge in [-0.1, -0.05) is 50.6 Å². The molecule has 2 rings (SSSR count). The van der Waals surface area contributed by atoms with Gasteiger partial charge in [0.05, 0.1) is 0 Å². The van der Waals surface area contributed by atoms with Crippen LogP contribution >= 0.6 is 0 Å². The number of amides is 2. The van der Waals surface area contributed by atoms with Gasteiger partial charge >= 0.3 is 0 Å². The van der Waals surface area contributed by atoms with Crippen LogP contribution < -0.4 is 5.32 Å². The molecule has 19 heavy (non-hydrogen) atoms. The standard InChI is InChI=1S/C15H20N2O2/c1-4-10(2)12-15(19)17(3)13(14(18)16-12)11-8-6-5-7-9-11/h5-10,12-13H,4H2,1-3H3,(H,16,18). The Balaban J connectivity index is 2.27. The van der Waals surface area contributed by atoms with Gasteiger partial charge in [0.25, 0.3) is 0 Å². The number of nitrogens with zero attached hydrogens (tertiary/aromatic N) is 1. The van der Waals surface area contributed by atoms with E-state index in [-0.39, 0.29) is 17.7 Å². The lowest BCUT2D eigenvalue weighted by Crippen LogP contribution is -2.60. The second-order valence-corrected chi connectivity index (χ2v) is 5.13. The van der Waals surface area contributed by atoms with Gasteiger partial charge in [0, 0.05) is 7.05 Å². The van der Waals surface area contributed by atoms with E-state index >= 15 is 0 Å². The average Bonchev–Trinajstić information content (AvgIpc) is 2.43. The normalized spacial score (nSPS) is 25.1. The van der Waals surface area contributed by atoms with Crippen molar-refractivity contribution in [3.05, 3.63) is 35.9 Å². The third kappa shape index (κ3) is 2.48. The summed E-state index contributed by atoms with van der Waals surface area (Å²) in [6, 6.07) is 8.48. The van der Waals surface area contributed by atoms with E-state index in [0.29, 0.717) is 0 Å². The lowest BCUT2D eigenvalue weighted by atomic mass is 9.92. The van der Waals surface area contributed by atoms with E-state index in [1.807, 2.05) is 44.2 Å². The molecule has 4 nitrogen and oxygen atoms in total. The summed E-state index contributed by atoms with van der Waals surface area (Å²) in [6.07, 6.45) is 0.862. The third-order valence-corrected chi connectivity index (χ3v) is 3.88. The quantitative estimate of drug-likeness (QED) is 0.899. The second-order valence-electron chi connectivity index (χ2n) is 5.13. The minimum Gasteiger partial charge on any atom is -0.342 e. The van der Waals surface area contributed by atoms with Crippen molar-refractivity contribution in [1.29, 1.82) is 0 Å². The molecule has 102 valence electrons. The molecule has 3 atom stereocenters. The molecule has 0 aromatic heterocycles. The van der Waals surface area contributed by atoms with Crippen molar-refractivity contribution < 1.29 is 9.59 Å². The number of piperazine rings is 1. The van der Waals surface area contributed by atoms with Crippen molar-refractivity contribution in [2.45, 2.75) is 32.4 Å². The Morgan fingerprint density at radius 1 is 1.26 bits per heavy atom. The molecule has 1 saturated heterocycles. The Hall–Kier alpha value is -1.84. The lowest BCUT2D eigenvalue weighted by Gasteiger charge is -2.38. The molecule has 0 aliphatic carbocycles. The first kappa shape index (κ1) is 13.6. The van der Waals surface area contributed by atoms with Crippen LogP contribution in [-0.2, 0) is 9.59 Å². The minimum atomic E-state index is -0.519. The first-order valence-corrected chi connectivity index (χ1v) is 6.68. The van der Waals surface area contributed by atoms with Crippen LogP contribution in [0.15, 0.2) is 30.3 Å². The van der Waals surface area contributed by atoms with Gasteiger partial charge in [-0.25, -0.2) is 0 Å². The molecule has 0 saturated carbocycles. The lowest BCUT2D eigenvalue weighted by molar-refractivity contribution is -0.149. The van der Waals surface area contributed by atoms with Crippen LogP contribution in [0, 0.1) is 5.92 Å². The summed E-state index contributed by atoms with van der Waals surface area (Å²) in [7, 11) is 1.70. The highest BCUT2D eigenvalue weighted by Crippen LogP contribution is 2.26. The molecule has 1 aliphatic heterocycles. The number of likely N-dealkylation sites (N-methyl/N-ethyl adjacent to an activating group) is 1. The van der Waals surface area contributed by atoms with Gasteiger partial charge in [0.2, 0.25) is 11.8 Å². The van der Waals surface area contributed by atoms with Crippen LogP contribution in [-0.4, -0.2) is 29.8 Å². The van der Waals surface area contributed by atoms with Gasteiger partial charge in [-0.3, -0.25) is 9.59 Å². The Morgan fingerprint density at radius 2 is 1.89 bits per heavy atom. The van der Waals surface area contributed by atoms with Crippen molar-refractivity contribution in [2.24, 2.45) is 5.92 Å². The van der Waals surface area contributed by atoms with Crippen LogP contribution in [0.4, 0.5) is 0 Å². The molecule has 1 aromatic rings. The summed E-state index contributed by atoms with van der Waals surface area (Å²) in [5.74, 6) is 0.0389. The van der Waals surface area contributed by atoms with Gasteiger partial charge < -0.3 is 10.2 Å². The first-order chi connectivity index (χ1) is 9.06. The van der Waals surface area contributed by atoms with E-state index in [4.69, 9.17) is 0 Å². The van der Waals surface area contributed by atoms with E-state index in [1.165, 1.54) is 0 Å². The van der Waals surface area contributed by atoms with Gasteiger partial charge in [0.1, 0.15) is 12.1 Å². The predicted octanol–water partition coefficient (Wildman–Crippen LogP) is 1.73. The molecule has 0 spiro atoms. The first-order valence-electron chi connectivity index (χ1n) is 6.68. The predicted molar refractivity (Wildman–Crippen MR) is 73.3 cm³/mol. The number of nitrogens with one attached hydrogen (secondary N) is 1. The maximum atomic E-state index is 12.4. The van der Waals surface area contributed by atoms with Crippen LogP contribution in [0.5, 0.6) is 0 Å². The molecule has 1 aliphatic rings. The molecule has 1 fully saturated rings. The smallest absolute Gasteiger partial charge is 0.248 e. The highest BCUT2D eigenvalue weighted by atomic mass is 16.2. The Bertz CT molecular complexity index is 472. The number of hydrogen-bond donors (Lipinski definition) is 1. The van der Waals surface area contributed by atoms with Crippen molar-refractivity contribution in [2.75, 3.05) is 7.05 Å². The Morgan fingerprint density at radius 3 is 2.47 bits per heavy atom. The molecule has 0 bridgehead atoms. The fraction of sp³-hybridized carbons (Fsp3) is 0.467. The molecule has 4 heteroatoms. The van der Waals surface area contributed by atoms with E-state index in [0.717, 1.165) is 12.0 Å². The molecule has 3 unspecified atom stereocenters. The maximum Gasteiger partial charge on any atom is 0.248 e. The summed E-state index contributed by atoms with van der Waals surface area (Å²) < 4.78 is 0. The third-order valence-electron chi connectivity index (χ3n) is 3.88. The number of carbonyl (C=O) groups is 2. The SMILES string of the molecule is CCC(C)C1NC(=O)C(c2ccccc2)N(C)C1=O. The average molecular weight is 260 g/mol. The minimum absolute atomic E-state index is 0.0113. The van der Waals surface area contributed by atoms with Gasteiger partial charge in [-0.2, -0.15) is 0 Å². The van der Waals surface area contributed by atoms with Crippen molar-refractivity contribution in [3.63, 3.8) is 0 Å². The Kier molecular flexibility index (Phi) is 3.88. The highest BCUT2D eigenvalue weighted by molar-refractivity contribution is 5.97. The summed E-state index contributed by atoms with van der Waals surface area (Å²) in [5, 5.41) is 2.87. The number of benzene rings is 1. The second kappa shape index (κ2) is 5.43. The molecule has 1 N–H and O–H groups in total.